The van der Waals surface area contributed by atoms with E-state index in [4.69, 9.17) is 0 Å². The zero-order valence-corrected chi connectivity index (χ0v) is 9.72. The van der Waals surface area contributed by atoms with Crippen molar-refractivity contribution in [2.24, 2.45) is 0 Å². The number of phenols is 2. The number of aromatic hydroxyl groups is 2. The third-order valence-corrected chi connectivity index (χ3v) is 2.75. The van der Waals surface area contributed by atoms with Crippen LogP contribution in [0.25, 0.3) is 0 Å². The van der Waals surface area contributed by atoms with Crippen molar-refractivity contribution in [3.05, 3.63) is 23.8 Å². The Morgan fingerprint density at radius 3 is 2.50 bits per heavy atom. The van der Waals surface area contributed by atoms with Gasteiger partial charge in [0, 0.05) is 37.7 Å². The van der Waals surface area contributed by atoms with Crippen molar-refractivity contribution in [3.63, 3.8) is 0 Å². The van der Waals surface area contributed by atoms with Gasteiger partial charge < -0.3 is 20.4 Å². The molecule has 1 saturated heterocycles. The maximum absolute atomic E-state index is 12.1. The summed E-state index contributed by atoms with van der Waals surface area (Å²) in [5, 5.41) is 21.4. The molecule has 2 amide bonds. The van der Waals surface area contributed by atoms with Gasteiger partial charge in [-0.15, -0.1) is 0 Å². The highest BCUT2D eigenvalue weighted by Gasteiger charge is 2.20. The van der Waals surface area contributed by atoms with Gasteiger partial charge in [0.1, 0.15) is 11.5 Å². The first kappa shape index (κ1) is 12.2. The van der Waals surface area contributed by atoms with Crippen molar-refractivity contribution in [2.45, 2.75) is 6.42 Å². The van der Waals surface area contributed by atoms with E-state index in [0.717, 1.165) is 6.07 Å². The number of hydrogen-bond donors (Lipinski definition) is 3. The normalized spacial score (nSPS) is 16.0. The summed E-state index contributed by atoms with van der Waals surface area (Å²) in [6, 6.07) is 3.74. The molecule has 1 fully saturated rings. The second-order valence-electron chi connectivity index (χ2n) is 4.13. The molecular weight excluding hydrogens is 236 g/mol. The van der Waals surface area contributed by atoms with Gasteiger partial charge in [0.2, 0.25) is 5.91 Å². The predicted molar refractivity (Wildman–Crippen MR) is 63.3 cm³/mol. The second-order valence-corrected chi connectivity index (χ2v) is 4.13. The number of carbonyl (C=O) groups excluding carboxylic acids is 2. The summed E-state index contributed by atoms with van der Waals surface area (Å²) in [6.07, 6.45) is 0.260. The Bertz CT molecular complexity index is 467. The fourth-order valence-electron chi connectivity index (χ4n) is 1.87. The Labute approximate surface area is 104 Å². The molecule has 0 atom stereocenters. The van der Waals surface area contributed by atoms with E-state index in [9.17, 15) is 19.8 Å². The lowest BCUT2D eigenvalue weighted by Gasteiger charge is -2.19. The summed E-state index contributed by atoms with van der Waals surface area (Å²) in [7, 11) is 0. The van der Waals surface area contributed by atoms with Crippen molar-refractivity contribution in [1.82, 2.24) is 10.2 Å². The van der Waals surface area contributed by atoms with Crippen LogP contribution in [0.2, 0.25) is 0 Å². The van der Waals surface area contributed by atoms with E-state index in [1.165, 1.54) is 17.0 Å². The molecule has 0 saturated carbocycles. The minimum absolute atomic E-state index is 0.0796. The van der Waals surface area contributed by atoms with Gasteiger partial charge in [-0.3, -0.25) is 9.59 Å². The molecule has 0 aliphatic carbocycles. The molecule has 96 valence electrons. The van der Waals surface area contributed by atoms with E-state index in [2.05, 4.69) is 5.32 Å². The molecule has 2 rings (SSSR count). The molecule has 6 heteroatoms. The van der Waals surface area contributed by atoms with Crippen LogP contribution in [0.4, 0.5) is 0 Å². The lowest BCUT2D eigenvalue weighted by atomic mass is 10.1. The predicted octanol–water partition coefficient (Wildman–Crippen LogP) is 0.0599. The quantitative estimate of drug-likeness (QED) is 0.657. The van der Waals surface area contributed by atoms with E-state index in [0.29, 0.717) is 19.6 Å². The summed E-state index contributed by atoms with van der Waals surface area (Å²) >= 11 is 0. The second kappa shape index (κ2) is 4.95. The van der Waals surface area contributed by atoms with Crippen LogP contribution in [-0.2, 0) is 4.79 Å². The number of phenolic OH excluding ortho intramolecular Hbond substituents is 2. The van der Waals surface area contributed by atoms with Crippen LogP contribution in [0, 0.1) is 0 Å². The number of rotatable bonds is 1. The molecule has 1 aliphatic heterocycles. The smallest absolute Gasteiger partial charge is 0.254 e. The Morgan fingerprint density at radius 2 is 1.83 bits per heavy atom. The average Bonchev–Trinajstić information content (AvgIpc) is 2.52. The zero-order valence-electron chi connectivity index (χ0n) is 9.72. The van der Waals surface area contributed by atoms with Crippen molar-refractivity contribution in [3.8, 4) is 11.5 Å². The summed E-state index contributed by atoms with van der Waals surface area (Å²) in [5.41, 5.74) is 0.210. The molecule has 0 bridgehead atoms. The molecule has 1 aromatic carbocycles. The standard InChI is InChI=1S/C12H14N2O4/c15-9-5-8(6-10(16)7-9)12(18)14-3-1-11(17)13-2-4-14/h5-7,15-16H,1-4H2,(H,13,17). The molecule has 3 N–H and O–H groups in total. The largest absolute Gasteiger partial charge is 0.508 e. The average molecular weight is 250 g/mol. The van der Waals surface area contributed by atoms with Crippen LogP contribution in [0.5, 0.6) is 11.5 Å². The maximum Gasteiger partial charge on any atom is 0.254 e. The number of hydrogen-bond acceptors (Lipinski definition) is 4. The third-order valence-electron chi connectivity index (χ3n) is 2.75. The molecule has 1 heterocycles. The molecule has 0 unspecified atom stereocenters. The van der Waals surface area contributed by atoms with Crippen LogP contribution < -0.4 is 5.32 Å². The maximum atomic E-state index is 12.1. The van der Waals surface area contributed by atoms with Crippen LogP contribution in [0.15, 0.2) is 18.2 Å². The van der Waals surface area contributed by atoms with Crippen LogP contribution in [0.1, 0.15) is 16.8 Å². The molecule has 18 heavy (non-hydrogen) atoms. The Kier molecular flexibility index (Phi) is 3.36. The monoisotopic (exact) mass is 250 g/mol. The van der Waals surface area contributed by atoms with Gasteiger partial charge in [-0.25, -0.2) is 0 Å². The van der Waals surface area contributed by atoms with Crippen LogP contribution >= 0.6 is 0 Å². The Morgan fingerprint density at radius 1 is 1.17 bits per heavy atom. The fraction of sp³-hybridized carbons (Fsp3) is 0.333. The van der Waals surface area contributed by atoms with Gasteiger partial charge in [-0.2, -0.15) is 0 Å². The molecule has 1 aromatic rings. The van der Waals surface area contributed by atoms with Gasteiger partial charge in [0.25, 0.3) is 5.91 Å². The minimum Gasteiger partial charge on any atom is -0.508 e. The van der Waals surface area contributed by atoms with E-state index in [1.807, 2.05) is 0 Å². The van der Waals surface area contributed by atoms with Gasteiger partial charge in [-0.1, -0.05) is 0 Å². The van der Waals surface area contributed by atoms with Gasteiger partial charge in [0.15, 0.2) is 0 Å². The first-order chi connectivity index (χ1) is 8.56. The van der Waals surface area contributed by atoms with Crippen LogP contribution in [0.3, 0.4) is 0 Å². The SMILES string of the molecule is O=C1CCN(C(=O)c2cc(O)cc(O)c2)CCN1. The number of nitrogens with zero attached hydrogens (tertiary/aromatic N) is 1. The minimum atomic E-state index is -0.308. The fourth-order valence-corrected chi connectivity index (χ4v) is 1.87. The van der Waals surface area contributed by atoms with Gasteiger partial charge >= 0.3 is 0 Å². The molecule has 0 radical (unpaired) electrons. The van der Waals surface area contributed by atoms with Gasteiger partial charge in [0.05, 0.1) is 0 Å². The van der Waals surface area contributed by atoms with E-state index >= 15 is 0 Å². The zero-order chi connectivity index (χ0) is 13.1. The topological polar surface area (TPSA) is 89.9 Å². The summed E-state index contributed by atoms with van der Waals surface area (Å²) in [5.74, 6) is -0.716. The van der Waals surface area contributed by atoms with Crippen molar-refractivity contribution < 1.29 is 19.8 Å². The highest BCUT2D eigenvalue weighted by Crippen LogP contribution is 2.21. The number of amides is 2. The number of benzene rings is 1. The first-order valence-electron chi connectivity index (χ1n) is 5.65. The highest BCUT2D eigenvalue weighted by atomic mass is 16.3. The van der Waals surface area contributed by atoms with E-state index < -0.39 is 0 Å². The third kappa shape index (κ3) is 2.71. The summed E-state index contributed by atoms with van der Waals surface area (Å²) < 4.78 is 0. The van der Waals surface area contributed by atoms with Crippen molar-refractivity contribution in [2.75, 3.05) is 19.6 Å². The Balaban J connectivity index is 2.17. The highest BCUT2D eigenvalue weighted by molar-refractivity contribution is 5.95. The number of carbonyl (C=O) groups is 2. The lowest BCUT2D eigenvalue weighted by Crippen LogP contribution is -2.34. The first-order valence-corrected chi connectivity index (χ1v) is 5.65. The van der Waals surface area contributed by atoms with E-state index in [1.54, 1.807) is 0 Å². The molecule has 1 aliphatic rings. The van der Waals surface area contributed by atoms with Crippen LogP contribution in [-0.4, -0.2) is 46.6 Å². The number of nitrogens with one attached hydrogen (secondary N) is 1. The molecule has 0 aromatic heterocycles. The lowest BCUT2D eigenvalue weighted by molar-refractivity contribution is -0.120. The van der Waals surface area contributed by atoms with Crippen molar-refractivity contribution >= 4 is 11.8 Å². The molecular formula is C12H14N2O4. The van der Waals surface area contributed by atoms with E-state index in [-0.39, 0.29) is 35.3 Å². The van der Waals surface area contributed by atoms with Gasteiger partial charge in [-0.05, 0) is 12.1 Å². The summed E-state index contributed by atoms with van der Waals surface area (Å²) in [6.45, 7) is 1.16. The summed E-state index contributed by atoms with van der Waals surface area (Å²) in [4.78, 5) is 24.8. The Hall–Kier alpha value is -2.24. The molecule has 6 nitrogen and oxygen atoms in total. The van der Waals surface area contributed by atoms with Crippen molar-refractivity contribution in [1.29, 1.82) is 0 Å². The molecule has 0 spiro atoms.